The summed E-state index contributed by atoms with van der Waals surface area (Å²) in [6.07, 6.45) is 2.57. The number of carbonyl (C=O) groups excluding carboxylic acids is 1. The molecule has 2 atom stereocenters. The van der Waals surface area contributed by atoms with E-state index in [0.717, 1.165) is 30.2 Å². The van der Waals surface area contributed by atoms with Crippen molar-refractivity contribution in [2.75, 3.05) is 30.4 Å². The molecule has 1 aromatic carbocycles. The first-order chi connectivity index (χ1) is 15.5. The summed E-state index contributed by atoms with van der Waals surface area (Å²) >= 11 is 0. The van der Waals surface area contributed by atoms with Crippen LogP contribution in [0.1, 0.15) is 26.2 Å². The number of amides is 1. The van der Waals surface area contributed by atoms with Gasteiger partial charge in [0.05, 0.1) is 31.2 Å². The van der Waals surface area contributed by atoms with Gasteiger partial charge >= 0.3 is 0 Å². The minimum Gasteiger partial charge on any atom is -0.497 e. The van der Waals surface area contributed by atoms with Gasteiger partial charge in [-0.25, -0.2) is 4.98 Å². The number of morpholine rings is 1. The van der Waals surface area contributed by atoms with Crippen LogP contribution < -0.4 is 15.0 Å². The standard InChI is InChI=1S/C23H27N5O4/c1-15-13-28(14-16(2)31-15)20-9-6-18(12-24-20)25-21(29)10-11-22-26-23(27-32-22)17-4-7-19(30-3)8-5-17/h4-9,12,15-16H,10-11,13-14H2,1-3H3,(H,25,29). The zero-order valence-corrected chi connectivity index (χ0v) is 18.4. The summed E-state index contributed by atoms with van der Waals surface area (Å²) in [5.74, 6) is 2.38. The van der Waals surface area contributed by atoms with Crippen molar-refractivity contribution in [3.05, 3.63) is 48.5 Å². The monoisotopic (exact) mass is 437 g/mol. The molecule has 2 aromatic heterocycles. The van der Waals surface area contributed by atoms with Crippen molar-refractivity contribution in [3.63, 3.8) is 0 Å². The van der Waals surface area contributed by atoms with Crippen LogP contribution in [0.4, 0.5) is 11.5 Å². The number of methoxy groups -OCH3 is 1. The molecule has 0 bridgehead atoms. The topological polar surface area (TPSA) is 103 Å². The number of nitrogens with one attached hydrogen (secondary N) is 1. The van der Waals surface area contributed by atoms with E-state index in [4.69, 9.17) is 14.0 Å². The Labute approximate surface area is 186 Å². The number of hydrogen-bond acceptors (Lipinski definition) is 8. The average molecular weight is 438 g/mol. The molecule has 3 aromatic rings. The Kier molecular flexibility index (Phi) is 6.65. The predicted octanol–water partition coefficient (Wildman–Crippen LogP) is 3.33. The van der Waals surface area contributed by atoms with Crippen LogP contribution in [-0.4, -0.2) is 53.4 Å². The number of ether oxygens (including phenoxy) is 2. The third-order valence-corrected chi connectivity index (χ3v) is 5.16. The van der Waals surface area contributed by atoms with Crippen molar-refractivity contribution >= 4 is 17.4 Å². The normalized spacial score (nSPS) is 18.4. The van der Waals surface area contributed by atoms with Gasteiger partial charge in [-0.1, -0.05) is 5.16 Å². The fraction of sp³-hybridized carbons (Fsp3) is 0.391. The fourth-order valence-corrected chi connectivity index (χ4v) is 3.67. The minimum absolute atomic E-state index is 0.141. The van der Waals surface area contributed by atoms with E-state index in [2.05, 4.69) is 39.2 Å². The van der Waals surface area contributed by atoms with Gasteiger partial charge in [0.15, 0.2) is 0 Å². The molecule has 1 fully saturated rings. The smallest absolute Gasteiger partial charge is 0.227 e. The Bertz CT molecular complexity index is 1030. The Balaban J connectivity index is 1.28. The van der Waals surface area contributed by atoms with Gasteiger partial charge in [0.25, 0.3) is 0 Å². The summed E-state index contributed by atoms with van der Waals surface area (Å²) in [6.45, 7) is 5.71. The number of carbonyl (C=O) groups is 1. The first-order valence-electron chi connectivity index (χ1n) is 10.6. The first kappa shape index (κ1) is 21.8. The van der Waals surface area contributed by atoms with Crippen molar-refractivity contribution in [1.82, 2.24) is 15.1 Å². The summed E-state index contributed by atoms with van der Waals surface area (Å²) in [6, 6.07) is 11.2. The molecule has 9 nitrogen and oxygen atoms in total. The van der Waals surface area contributed by atoms with Gasteiger partial charge in [-0.15, -0.1) is 0 Å². The molecule has 0 aliphatic carbocycles. The molecule has 0 spiro atoms. The number of hydrogen-bond donors (Lipinski definition) is 1. The summed E-state index contributed by atoms with van der Waals surface area (Å²) in [5.41, 5.74) is 1.47. The lowest BCUT2D eigenvalue weighted by Gasteiger charge is -2.36. The zero-order valence-electron chi connectivity index (χ0n) is 18.4. The molecule has 1 amide bonds. The first-order valence-corrected chi connectivity index (χ1v) is 10.6. The van der Waals surface area contributed by atoms with E-state index < -0.39 is 0 Å². The van der Waals surface area contributed by atoms with Gasteiger partial charge in [0.2, 0.25) is 17.6 Å². The van der Waals surface area contributed by atoms with Crippen LogP contribution in [0.2, 0.25) is 0 Å². The second kappa shape index (κ2) is 9.78. The molecule has 32 heavy (non-hydrogen) atoms. The van der Waals surface area contributed by atoms with Crippen LogP contribution in [0.25, 0.3) is 11.4 Å². The Morgan fingerprint density at radius 2 is 1.91 bits per heavy atom. The number of aryl methyl sites for hydroxylation is 1. The van der Waals surface area contributed by atoms with Crippen LogP contribution in [0, 0.1) is 0 Å². The predicted molar refractivity (Wildman–Crippen MR) is 120 cm³/mol. The molecule has 4 rings (SSSR count). The lowest BCUT2D eigenvalue weighted by molar-refractivity contribution is -0.116. The largest absolute Gasteiger partial charge is 0.497 e. The third-order valence-electron chi connectivity index (χ3n) is 5.16. The molecule has 0 radical (unpaired) electrons. The molecule has 0 saturated carbocycles. The molecule has 1 saturated heterocycles. The number of pyridine rings is 1. The van der Waals surface area contributed by atoms with Gasteiger partial charge in [0.1, 0.15) is 11.6 Å². The molecule has 1 N–H and O–H groups in total. The van der Waals surface area contributed by atoms with Gasteiger partial charge in [-0.05, 0) is 50.2 Å². The Morgan fingerprint density at radius 1 is 1.16 bits per heavy atom. The highest BCUT2D eigenvalue weighted by atomic mass is 16.5. The second-order valence-electron chi connectivity index (χ2n) is 7.86. The number of nitrogens with zero attached hydrogens (tertiary/aromatic N) is 4. The number of rotatable bonds is 7. The lowest BCUT2D eigenvalue weighted by Crippen LogP contribution is -2.45. The lowest BCUT2D eigenvalue weighted by atomic mass is 10.2. The SMILES string of the molecule is COc1ccc(-c2noc(CCC(=O)Nc3ccc(N4CC(C)OC(C)C4)nc3)n2)cc1. The molecular formula is C23H27N5O4. The second-order valence-corrected chi connectivity index (χ2v) is 7.86. The molecule has 168 valence electrons. The van der Waals surface area contributed by atoms with E-state index >= 15 is 0 Å². The van der Waals surface area contributed by atoms with Crippen LogP contribution in [0.5, 0.6) is 5.75 Å². The minimum atomic E-state index is -0.141. The van der Waals surface area contributed by atoms with Crippen molar-refractivity contribution < 1.29 is 18.8 Å². The van der Waals surface area contributed by atoms with E-state index in [1.807, 2.05) is 36.4 Å². The van der Waals surface area contributed by atoms with Crippen molar-refractivity contribution in [1.29, 1.82) is 0 Å². The van der Waals surface area contributed by atoms with E-state index in [0.29, 0.717) is 23.8 Å². The Morgan fingerprint density at radius 3 is 2.56 bits per heavy atom. The van der Waals surface area contributed by atoms with Crippen LogP contribution >= 0.6 is 0 Å². The van der Waals surface area contributed by atoms with Crippen molar-refractivity contribution in [2.24, 2.45) is 0 Å². The molecule has 9 heteroatoms. The third kappa shape index (κ3) is 5.42. The highest BCUT2D eigenvalue weighted by Gasteiger charge is 2.23. The summed E-state index contributed by atoms with van der Waals surface area (Å²) in [5, 5.41) is 6.85. The maximum absolute atomic E-state index is 12.3. The summed E-state index contributed by atoms with van der Waals surface area (Å²) in [7, 11) is 1.61. The van der Waals surface area contributed by atoms with Gasteiger partial charge in [-0.2, -0.15) is 4.98 Å². The zero-order chi connectivity index (χ0) is 22.5. The van der Waals surface area contributed by atoms with E-state index in [1.54, 1.807) is 13.3 Å². The molecular weight excluding hydrogens is 410 g/mol. The molecule has 2 unspecified atom stereocenters. The van der Waals surface area contributed by atoms with E-state index in [1.165, 1.54) is 0 Å². The van der Waals surface area contributed by atoms with Gasteiger partial charge < -0.3 is 24.2 Å². The van der Waals surface area contributed by atoms with Crippen molar-refractivity contribution in [3.8, 4) is 17.1 Å². The summed E-state index contributed by atoms with van der Waals surface area (Å²) in [4.78, 5) is 23.4. The van der Waals surface area contributed by atoms with Crippen LogP contribution in [0.15, 0.2) is 47.1 Å². The van der Waals surface area contributed by atoms with Gasteiger partial charge in [0, 0.05) is 31.5 Å². The van der Waals surface area contributed by atoms with Crippen molar-refractivity contribution in [2.45, 2.75) is 38.9 Å². The maximum atomic E-state index is 12.3. The fourth-order valence-electron chi connectivity index (χ4n) is 3.67. The van der Waals surface area contributed by atoms with Crippen LogP contribution in [0.3, 0.4) is 0 Å². The highest BCUT2D eigenvalue weighted by molar-refractivity contribution is 5.90. The molecule has 1 aliphatic heterocycles. The average Bonchev–Trinajstić information content (AvgIpc) is 3.27. The maximum Gasteiger partial charge on any atom is 0.227 e. The van der Waals surface area contributed by atoms with E-state index in [9.17, 15) is 4.79 Å². The quantitative estimate of drug-likeness (QED) is 0.600. The van der Waals surface area contributed by atoms with Crippen LogP contribution in [-0.2, 0) is 16.0 Å². The number of aromatic nitrogens is 3. The highest BCUT2D eigenvalue weighted by Crippen LogP contribution is 2.21. The van der Waals surface area contributed by atoms with E-state index in [-0.39, 0.29) is 24.5 Å². The summed E-state index contributed by atoms with van der Waals surface area (Å²) < 4.78 is 16.2. The van der Waals surface area contributed by atoms with Gasteiger partial charge in [-0.3, -0.25) is 4.79 Å². The Hall–Kier alpha value is -3.46. The number of benzene rings is 1. The molecule has 3 heterocycles. The number of anilines is 2. The molecule has 1 aliphatic rings.